The Kier molecular flexibility index (Phi) is 1.03. The largest absolute Gasteiger partial charge is 0.144 e. The predicted octanol–water partition coefficient (Wildman–Crippen LogP) is 2.90. The van der Waals surface area contributed by atoms with Crippen LogP contribution in [0.1, 0.15) is 0 Å². The van der Waals surface area contributed by atoms with Gasteiger partial charge in [-0.2, -0.15) is 0 Å². The van der Waals surface area contributed by atoms with Crippen molar-refractivity contribution in [2.75, 3.05) is 0 Å². The van der Waals surface area contributed by atoms with Gasteiger partial charge < -0.3 is 0 Å². The highest BCUT2D eigenvalue weighted by Gasteiger charge is 1.87. The van der Waals surface area contributed by atoms with Gasteiger partial charge in [0.05, 0.1) is 0 Å². The minimum absolute atomic E-state index is 1.35. The molecular weight excluding hydrogens is 129 g/mol. The summed E-state index contributed by atoms with van der Waals surface area (Å²) in [6, 6.07) is 10.5. The van der Waals surface area contributed by atoms with Crippen LogP contribution in [0.15, 0.2) is 35.7 Å². The highest BCUT2D eigenvalue weighted by Crippen LogP contribution is 2.18. The van der Waals surface area contributed by atoms with E-state index in [0.29, 0.717) is 0 Å². The Labute approximate surface area is 57.8 Å². The van der Waals surface area contributed by atoms with Crippen molar-refractivity contribution < 1.29 is 0 Å². The zero-order valence-electron chi connectivity index (χ0n) is 4.87. The molecule has 0 saturated carbocycles. The lowest BCUT2D eigenvalue weighted by molar-refractivity contribution is 1.86. The van der Waals surface area contributed by atoms with Crippen molar-refractivity contribution >= 4 is 21.4 Å². The van der Waals surface area contributed by atoms with Crippen LogP contribution in [0.5, 0.6) is 0 Å². The summed E-state index contributed by atoms with van der Waals surface area (Å²) < 4.78 is 1.37. The molecule has 0 fully saturated rings. The van der Waals surface area contributed by atoms with E-state index in [-0.39, 0.29) is 0 Å². The zero-order valence-corrected chi connectivity index (χ0v) is 5.69. The number of rotatable bonds is 0. The summed E-state index contributed by atoms with van der Waals surface area (Å²) in [5.41, 5.74) is 0. The third-order valence-electron chi connectivity index (χ3n) is 1.36. The van der Waals surface area contributed by atoms with Crippen LogP contribution in [-0.2, 0) is 0 Å². The molecule has 9 heavy (non-hydrogen) atoms. The van der Waals surface area contributed by atoms with Gasteiger partial charge in [0.25, 0.3) is 0 Å². The van der Waals surface area contributed by atoms with Crippen molar-refractivity contribution in [1.29, 1.82) is 0 Å². The maximum absolute atomic E-state index is 2.14. The highest BCUT2D eigenvalue weighted by molar-refractivity contribution is 7.17. The summed E-state index contributed by atoms with van der Waals surface area (Å²) in [4.78, 5) is 0. The third-order valence-corrected chi connectivity index (χ3v) is 2.26. The Morgan fingerprint density at radius 3 is 2.78 bits per heavy atom. The van der Waals surface area contributed by atoms with Crippen LogP contribution in [0.25, 0.3) is 10.1 Å². The van der Waals surface area contributed by atoms with Gasteiger partial charge in [-0.25, -0.2) is 0 Å². The average molecular weight is 135 g/mol. The van der Waals surface area contributed by atoms with E-state index in [1.807, 2.05) is 0 Å². The highest BCUT2D eigenvalue weighted by atomic mass is 32.1. The number of benzene rings is 1. The zero-order chi connectivity index (χ0) is 6.10. The van der Waals surface area contributed by atoms with Crippen molar-refractivity contribution in [2.45, 2.75) is 0 Å². The molecular formula is C8H6S. The molecule has 1 aromatic carbocycles. The lowest BCUT2D eigenvalue weighted by atomic mass is 10.3. The lowest BCUT2D eigenvalue weighted by Crippen LogP contribution is -1.56. The van der Waals surface area contributed by atoms with Crippen LogP contribution in [0.3, 0.4) is 0 Å². The fourth-order valence-electron chi connectivity index (χ4n) is 0.906. The first-order chi connectivity index (χ1) is 4.47. The van der Waals surface area contributed by atoms with Crippen molar-refractivity contribution in [3.8, 4) is 0 Å². The predicted molar refractivity (Wildman–Crippen MR) is 41.8 cm³/mol. The second-order valence-electron chi connectivity index (χ2n) is 1.96. The second kappa shape index (κ2) is 1.85. The molecule has 2 rings (SSSR count). The van der Waals surface area contributed by atoms with E-state index in [4.69, 9.17) is 0 Å². The van der Waals surface area contributed by atoms with Gasteiger partial charge in [0.2, 0.25) is 0 Å². The van der Waals surface area contributed by atoms with Crippen LogP contribution < -0.4 is 0 Å². The first kappa shape index (κ1) is 5.00. The summed E-state index contributed by atoms with van der Waals surface area (Å²) >= 11 is 1.79. The minimum Gasteiger partial charge on any atom is -0.144 e. The molecule has 0 aliphatic carbocycles. The van der Waals surface area contributed by atoms with Crippen LogP contribution in [0.4, 0.5) is 0 Å². The van der Waals surface area contributed by atoms with Crippen LogP contribution >= 0.6 is 11.3 Å². The van der Waals surface area contributed by atoms with Crippen molar-refractivity contribution in [3.63, 3.8) is 0 Å². The van der Waals surface area contributed by atoms with E-state index < -0.39 is 0 Å². The molecule has 0 aliphatic rings. The molecule has 0 atom stereocenters. The van der Waals surface area contributed by atoms with E-state index in [2.05, 4.69) is 35.7 Å². The molecule has 0 bridgehead atoms. The molecule has 0 amide bonds. The topological polar surface area (TPSA) is 0 Å². The van der Waals surface area contributed by atoms with Gasteiger partial charge in [0.1, 0.15) is 0 Å². The standard InChI is InChI=1S/C8H6S/c1-2-4-8-7(3-1)5-6-9-8/h1-6H/i6+1. The molecule has 0 saturated heterocycles. The Morgan fingerprint density at radius 2 is 1.89 bits per heavy atom. The van der Waals surface area contributed by atoms with Crippen LogP contribution in [0.2, 0.25) is 0 Å². The average Bonchev–Trinajstić information content (AvgIpc) is 2.33. The van der Waals surface area contributed by atoms with E-state index >= 15 is 0 Å². The van der Waals surface area contributed by atoms with Crippen molar-refractivity contribution in [3.05, 3.63) is 35.7 Å². The summed E-state index contributed by atoms with van der Waals surface area (Å²) in [7, 11) is 0. The molecule has 0 spiro atoms. The number of fused-ring (bicyclic) bond motifs is 1. The van der Waals surface area contributed by atoms with Gasteiger partial charge in [-0.3, -0.25) is 0 Å². The maximum atomic E-state index is 2.14. The molecule has 0 N–H and O–H groups in total. The van der Waals surface area contributed by atoms with Gasteiger partial charge in [0, 0.05) is 4.70 Å². The fraction of sp³-hybridized carbons (Fsp3) is 0. The van der Waals surface area contributed by atoms with Crippen molar-refractivity contribution in [1.82, 2.24) is 0 Å². The minimum atomic E-state index is 1.35. The summed E-state index contributed by atoms with van der Waals surface area (Å²) in [5.74, 6) is 0. The molecule has 0 unspecified atom stereocenters. The monoisotopic (exact) mass is 135 g/mol. The smallest absolute Gasteiger partial charge is 0.0342 e. The summed E-state index contributed by atoms with van der Waals surface area (Å²) in [5, 5.41) is 3.47. The van der Waals surface area contributed by atoms with Gasteiger partial charge in [-0.05, 0) is 22.9 Å². The molecule has 2 aromatic rings. The van der Waals surface area contributed by atoms with Crippen molar-refractivity contribution in [2.24, 2.45) is 0 Å². The van der Waals surface area contributed by atoms with E-state index in [9.17, 15) is 0 Å². The molecule has 0 nitrogen and oxygen atoms in total. The number of hydrogen-bond donors (Lipinski definition) is 0. The SMILES string of the molecule is c1ccc2s[13cH]cc2c1. The Balaban J connectivity index is 2.95. The Morgan fingerprint density at radius 1 is 1.00 bits per heavy atom. The first-order valence-electron chi connectivity index (χ1n) is 2.89. The van der Waals surface area contributed by atoms with Crippen LogP contribution in [0, 0.1) is 0 Å². The fourth-order valence-corrected chi connectivity index (χ4v) is 1.70. The number of thiophene rings is 1. The molecule has 44 valence electrons. The molecule has 1 aromatic heterocycles. The van der Waals surface area contributed by atoms with Gasteiger partial charge >= 0.3 is 0 Å². The van der Waals surface area contributed by atoms with Crippen LogP contribution in [-0.4, -0.2) is 0 Å². The Hall–Kier alpha value is -0.820. The summed E-state index contributed by atoms with van der Waals surface area (Å²) in [6.45, 7) is 0. The Bertz CT molecular complexity index is 279. The van der Waals surface area contributed by atoms with E-state index in [0.717, 1.165) is 0 Å². The maximum Gasteiger partial charge on any atom is 0.0342 e. The van der Waals surface area contributed by atoms with Gasteiger partial charge in [-0.15, -0.1) is 11.3 Å². The summed E-state index contributed by atoms with van der Waals surface area (Å²) in [6.07, 6.45) is 0. The van der Waals surface area contributed by atoms with E-state index in [1.165, 1.54) is 10.1 Å². The second-order valence-corrected chi connectivity index (χ2v) is 2.91. The van der Waals surface area contributed by atoms with E-state index in [1.54, 1.807) is 11.3 Å². The molecule has 1 heteroatoms. The number of hydrogen-bond acceptors (Lipinski definition) is 1. The molecule has 0 radical (unpaired) electrons. The van der Waals surface area contributed by atoms with Gasteiger partial charge in [0.15, 0.2) is 0 Å². The molecule has 1 heterocycles. The first-order valence-corrected chi connectivity index (χ1v) is 3.77. The molecule has 0 aliphatic heterocycles. The van der Waals surface area contributed by atoms with Gasteiger partial charge in [-0.1, -0.05) is 18.2 Å². The quantitative estimate of drug-likeness (QED) is 0.521. The lowest BCUT2D eigenvalue weighted by Gasteiger charge is -1.82. The third kappa shape index (κ3) is 0.736. The normalized spacial score (nSPS) is 10.2.